The SMILES string of the molecule is [B]c1cc2c(=O)c(C(=O)O)cn3c2c(c1N1CC[C@@H](Nc2ncc(N)cn2)C1)OCC3. The Balaban J connectivity index is 1.52. The number of nitrogens with one attached hydrogen (secondary N) is 1. The van der Waals surface area contributed by atoms with Crippen LogP contribution in [0.1, 0.15) is 16.8 Å². The molecule has 2 aliphatic heterocycles. The summed E-state index contributed by atoms with van der Waals surface area (Å²) in [5.74, 6) is -0.246. The van der Waals surface area contributed by atoms with Crippen LogP contribution in [0.3, 0.4) is 0 Å². The number of carboxylic acids is 1. The molecule has 0 amide bonds. The van der Waals surface area contributed by atoms with Crippen molar-refractivity contribution in [2.75, 3.05) is 35.6 Å². The van der Waals surface area contributed by atoms with Crippen molar-refractivity contribution in [2.24, 2.45) is 0 Å². The predicted octanol–water partition coefficient (Wildman–Crippen LogP) is -0.0511. The van der Waals surface area contributed by atoms with Gasteiger partial charge in [-0.3, -0.25) is 4.79 Å². The van der Waals surface area contributed by atoms with Gasteiger partial charge in [-0.15, -0.1) is 0 Å². The number of aromatic carboxylic acids is 1. The molecule has 10 nitrogen and oxygen atoms in total. The molecule has 0 aliphatic carbocycles. The highest BCUT2D eigenvalue weighted by Gasteiger charge is 2.30. The third kappa shape index (κ3) is 3.22. The number of carbonyl (C=O) groups is 1. The molecular formula is C20H19BN6O4. The Morgan fingerprint density at radius 2 is 2.10 bits per heavy atom. The zero-order chi connectivity index (χ0) is 21.7. The van der Waals surface area contributed by atoms with Gasteiger partial charge in [0.15, 0.2) is 5.75 Å². The fraction of sp³-hybridized carbons (Fsp3) is 0.300. The summed E-state index contributed by atoms with van der Waals surface area (Å²) in [6.45, 7) is 2.16. The van der Waals surface area contributed by atoms with Crippen molar-refractivity contribution < 1.29 is 14.6 Å². The Bertz CT molecular complexity index is 1260. The lowest BCUT2D eigenvalue weighted by atomic mass is 9.90. The zero-order valence-corrected chi connectivity index (χ0v) is 16.5. The van der Waals surface area contributed by atoms with Gasteiger partial charge in [-0.05, 0) is 6.42 Å². The van der Waals surface area contributed by atoms with Gasteiger partial charge in [0.1, 0.15) is 20.0 Å². The van der Waals surface area contributed by atoms with E-state index in [0.29, 0.717) is 53.7 Å². The van der Waals surface area contributed by atoms with Crippen molar-refractivity contribution in [3.63, 3.8) is 0 Å². The summed E-state index contributed by atoms with van der Waals surface area (Å²) in [4.78, 5) is 34.7. The van der Waals surface area contributed by atoms with E-state index in [1.54, 1.807) is 23.0 Å². The Morgan fingerprint density at radius 3 is 2.84 bits per heavy atom. The minimum atomic E-state index is -1.26. The van der Waals surface area contributed by atoms with Crippen LogP contribution in [-0.4, -0.2) is 59.2 Å². The van der Waals surface area contributed by atoms with Gasteiger partial charge in [-0.25, -0.2) is 14.8 Å². The second kappa shape index (κ2) is 7.19. The Kier molecular flexibility index (Phi) is 4.46. The van der Waals surface area contributed by atoms with Crippen molar-refractivity contribution in [1.29, 1.82) is 0 Å². The summed E-state index contributed by atoms with van der Waals surface area (Å²) >= 11 is 0. The van der Waals surface area contributed by atoms with Crippen molar-refractivity contribution in [2.45, 2.75) is 19.0 Å². The number of benzene rings is 1. The summed E-state index contributed by atoms with van der Waals surface area (Å²) in [5.41, 5.74) is 6.95. The molecule has 11 heteroatoms. The molecule has 0 unspecified atom stereocenters. The molecular weight excluding hydrogens is 399 g/mol. The standard InChI is InChI=1S/C20H19BN6O4/c21-14-5-12-15-18(31-4-3-27(15)9-13(17(12)28)19(29)30)16(14)26-2-1-11(8-26)25-20-23-6-10(22)7-24-20/h5-7,9,11H,1-4,8,22H2,(H,29,30)(H,23,24,25)/t11-/m1/s1. The lowest BCUT2D eigenvalue weighted by Crippen LogP contribution is -2.33. The number of nitrogens with zero attached hydrogens (tertiary/aromatic N) is 4. The first-order valence-electron chi connectivity index (χ1n) is 9.87. The molecule has 0 bridgehead atoms. The van der Waals surface area contributed by atoms with Gasteiger partial charge in [-0.1, -0.05) is 11.5 Å². The molecule has 31 heavy (non-hydrogen) atoms. The molecule has 2 aliphatic rings. The Hall–Kier alpha value is -3.76. The molecule has 0 saturated carbocycles. The number of nitrogen functional groups attached to an aromatic ring is 1. The lowest BCUT2D eigenvalue weighted by Gasteiger charge is -2.29. The first-order chi connectivity index (χ1) is 14.9. The zero-order valence-electron chi connectivity index (χ0n) is 16.5. The second-order valence-electron chi connectivity index (χ2n) is 7.67. The molecule has 0 spiro atoms. The Morgan fingerprint density at radius 1 is 1.32 bits per heavy atom. The third-order valence-corrected chi connectivity index (χ3v) is 5.64. The van der Waals surface area contributed by atoms with Crippen molar-refractivity contribution in [1.82, 2.24) is 14.5 Å². The van der Waals surface area contributed by atoms with Crippen LogP contribution in [0.4, 0.5) is 17.3 Å². The first kappa shape index (κ1) is 19.2. The summed E-state index contributed by atoms with van der Waals surface area (Å²) in [6, 6.07) is 1.64. The quantitative estimate of drug-likeness (QED) is 0.498. The van der Waals surface area contributed by atoms with E-state index in [9.17, 15) is 14.7 Å². The number of anilines is 3. The number of carboxylic acid groups (broad SMARTS) is 1. The fourth-order valence-corrected chi connectivity index (χ4v) is 4.25. The largest absolute Gasteiger partial charge is 0.487 e. The van der Waals surface area contributed by atoms with E-state index in [1.807, 2.05) is 0 Å². The second-order valence-corrected chi connectivity index (χ2v) is 7.67. The van der Waals surface area contributed by atoms with Crippen LogP contribution in [0.15, 0.2) is 29.5 Å². The van der Waals surface area contributed by atoms with Crippen LogP contribution in [0.5, 0.6) is 5.75 Å². The smallest absolute Gasteiger partial charge is 0.341 e. The maximum absolute atomic E-state index is 12.7. The van der Waals surface area contributed by atoms with Gasteiger partial charge in [0.25, 0.3) is 0 Å². The first-order valence-corrected chi connectivity index (χ1v) is 9.87. The van der Waals surface area contributed by atoms with E-state index in [0.717, 1.165) is 13.0 Å². The van der Waals surface area contributed by atoms with Crippen LogP contribution in [-0.2, 0) is 6.54 Å². The van der Waals surface area contributed by atoms with Gasteiger partial charge < -0.3 is 30.4 Å². The van der Waals surface area contributed by atoms with Crippen LogP contribution in [0.2, 0.25) is 0 Å². The van der Waals surface area contributed by atoms with E-state index in [4.69, 9.17) is 18.3 Å². The summed E-state index contributed by atoms with van der Waals surface area (Å²) in [7, 11) is 6.35. The van der Waals surface area contributed by atoms with Crippen molar-refractivity contribution >= 4 is 47.5 Å². The van der Waals surface area contributed by atoms with Gasteiger partial charge >= 0.3 is 5.97 Å². The molecule has 156 valence electrons. The Labute approximate surface area is 178 Å². The molecule has 1 saturated heterocycles. The molecule has 2 aromatic heterocycles. The average molecular weight is 418 g/mol. The van der Waals surface area contributed by atoms with E-state index in [-0.39, 0.29) is 17.0 Å². The number of hydrogen-bond donors (Lipinski definition) is 3. The highest BCUT2D eigenvalue weighted by Crippen LogP contribution is 2.37. The van der Waals surface area contributed by atoms with Gasteiger partial charge in [-0.2, -0.15) is 0 Å². The predicted molar refractivity (Wildman–Crippen MR) is 117 cm³/mol. The van der Waals surface area contributed by atoms with Crippen LogP contribution < -0.4 is 31.6 Å². The van der Waals surface area contributed by atoms with Gasteiger partial charge in [0.2, 0.25) is 11.4 Å². The highest BCUT2D eigenvalue weighted by molar-refractivity contribution is 6.38. The maximum atomic E-state index is 12.7. The molecule has 2 radical (unpaired) electrons. The van der Waals surface area contributed by atoms with Crippen LogP contribution >= 0.6 is 0 Å². The number of nitrogens with two attached hydrogens (primary N) is 1. The topological polar surface area (TPSA) is 136 Å². The van der Waals surface area contributed by atoms with E-state index < -0.39 is 11.4 Å². The van der Waals surface area contributed by atoms with E-state index >= 15 is 0 Å². The molecule has 1 fully saturated rings. The summed E-state index contributed by atoms with van der Waals surface area (Å²) < 4.78 is 7.71. The maximum Gasteiger partial charge on any atom is 0.341 e. The fourth-order valence-electron chi connectivity index (χ4n) is 4.25. The molecule has 5 rings (SSSR count). The van der Waals surface area contributed by atoms with Gasteiger partial charge in [0.05, 0.1) is 35.8 Å². The van der Waals surface area contributed by atoms with E-state index in [1.165, 1.54) is 6.20 Å². The lowest BCUT2D eigenvalue weighted by molar-refractivity contribution is 0.0694. The molecule has 1 atom stereocenters. The van der Waals surface area contributed by atoms with Crippen molar-refractivity contribution in [3.8, 4) is 5.75 Å². The number of ether oxygens (including phenoxy) is 1. The average Bonchev–Trinajstić information content (AvgIpc) is 3.19. The minimum absolute atomic E-state index is 0.0890. The van der Waals surface area contributed by atoms with E-state index in [2.05, 4.69) is 20.2 Å². The highest BCUT2D eigenvalue weighted by atomic mass is 16.5. The van der Waals surface area contributed by atoms with Crippen LogP contribution in [0, 0.1) is 0 Å². The number of aromatic nitrogens is 3. The monoisotopic (exact) mass is 418 g/mol. The van der Waals surface area contributed by atoms with Crippen molar-refractivity contribution in [3.05, 3.63) is 40.4 Å². The molecule has 3 aromatic rings. The molecule has 1 aromatic carbocycles. The van der Waals surface area contributed by atoms with Crippen LogP contribution in [0.25, 0.3) is 10.9 Å². The van der Waals surface area contributed by atoms with Gasteiger partial charge in [0, 0.05) is 30.7 Å². The summed E-state index contributed by atoms with van der Waals surface area (Å²) in [6.07, 6.45) is 5.30. The number of rotatable bonds is 4. The third-order valence-electron chi connectivity index (χ3n) is 5.64. The molecule has 4 N–H and O–H groups in total. The number of hydrogen-bond acceptors (Lipinski definition) is 8. The molecule has 4 heterocycles. The number of pyridine rings is 1. The normalized spacial score (nSPS) is 17.5. The minimum Gasteiger partial charge on any atom is -0.487 e. The summed E-state index contributed by atoms with van der Waals surface area (Å²) in [5, 5.41) is 12.9.